The maximum Gasteiger partial charge on any atom is 0.330 e. The summed E-state index contributed by atoms with van der Waals surface area (Å²) in [6.45, 7) is 7.35. The van der Waals surface area contributed by atoms with Crippen LogP contribution in [0.2, 0.25) is 0 Å². The van der Waals surface area contributed by atoms with E-state index < -0.39 is 11.2 Å². The summed E-state index contributed by atoms with van der Waals surface area (Å²) in [6, 6.07) is 34.4. The quantitative estimate of drug-likeness (QED) is 0.220. The fourth-order valence-electron chi connectivity index (χ4n) is 4.97. The van der Waals surface area contributed by atoms with Crippen LogP contribution in [0.3, 0.4) is 0 Å². The molecule has 0 atom stereocenters. The summed E-state index contributed by atoms with van der Waals surface area (Å²) in [6.07, 6.45) is 0. The Bertz CT molecular complexity index is 1740. The van der Waals surface area contributed by atoms with Crippen LogP contribution < -0.4 is 5.46 Å². The summed E-state index contributed by atoms with van der Waals surface area (Å²) in [7, 11) is 1.76. The van der Waals surface area contributed by atoms with Gasteiger partial charge in [-0.15, -0.1) is 0 Å². The number of hydrogen-bond donors (Lipinski definition) is 1. The predicted octanol–water partition coefficient (Wildman–Crippen LogP) is 6.90. The highest BCUT2D eigenvalue weighted by Gasteiger charge is 2.35. The molecule has 0 unspecified atom stereocenters. The molecule has 0 saturated heterocycles. The number of fused-ring (bicyclic) bond motifs is 8. The Morgan fingerprint density at radius 3 is 1.92 bits per heavy atom. The van der Waals surface area contributed by atoms with Crippen LogP contribution >= 0.6 is 0 Å². The van der Waals surface area contributed by atoms with Crippen molar-refractivity contribution in [1.82, 2.24) is 4.57 Å². The van der Waals surface area contributed by atoms with Gasteiger partial charge in [0.2, 0.25) is 0 Å². The maximum atomic E-state index is 10.5. The molecular weight excluding hydrogens is 441 g/mol. The summed E-state index contributed by atoms with van der Waals surface area (Å²) in [5, 5.41) is 18.0. The van der Waals surface area contributed by atoms with E-state index in [9.17, 15) is 5.11 Å². The first-order valence-electron chi connectivity index (χ1n) is 12.4. The molecule has 177 valence electrons. The third kappa shape index (κ3) is 3.52. The Kier molecular flexibility index (Phi) is 5.22. The molecule has 0 aliphatic heterocycles. The minimum Gasteiger partial charge on any atom is -0.427 e. The largest absolute Gasteiger partial charge is 0.427 e. The molecule has 3 nitrogen and oxygen atoms in total. The van der Waals surface area contributed by atoms with Crippen molar-refractivity contribution in [3.63, 3.8) is 0 Å². The van der Waals surface area contributed by atoms with Gasteiger partial charge >= 0.3 is 7.48 Å². The van der Waals surface area contributed by atoms with Crippen LogP contribution in [0.5, 0.6) is 0 Å². The van der Waals surface area contributed by atoms with Crippen molar-refractivity contribution < 1.29 is 9.76 Å². The molecule has 1 heterocycles. The smallest absolute Gasteiger partial charge is 0.330 e. The van der Waals surface area contributed by atoms with Crippen LogP contribution in [0.15, 0.2) is 97.1 Å². The first kappa shape index (κ1) is 22.8. The van der Waals surface area contributed by atoms with Gasteiger partial charge in [0.05, 0.1) is 22.2 Å². The Labute approximate surface area is 212 Å². The van der Waals surface area contributed by atoms with E-state index in [0.29, 0.717) is 0 Å². The molecule has 1 N–H and O–H groups in total. The minimum atomic E-state index is -0.982. The SMILES string of the molecule is CC(C)(O)C(C)(C)O[B]c1ccc2c3c4ccccc4c4ccccc4c3n(-c3ccccc3)c2c1. The average Bonchev–Trinajstić information content (AvgIpc) is 3.22. The number of rotatable bonds is 5. The standard InChI is InChI=1S/C32H29BNO2/c1-31(2,35)32(3,4)36-33-21-18-19-27-28(20-21)34(22-12-6-5-7-13-22)30-26-17-11-9-15-24(26)23-14-8-10-16-25(23)29(27)30/h5-20,35H,1-4H3. The van der Waals surface area contributed by atoms with Crippen LogP contribution in [-0.4, -0.2) is 28.4 Å². The van der Waals surface area contributed by atoms with Crippen LogP contribution in [-0.2, 0) is 4.65 Å². The second kappa shape index (κ2) is 8.23. The molecular formula is C32H29BNO2. The molecule has 1 radical (unpaired) electrons. The minimum absolute atomic E-state index is 0.736. The van der Waals surface area contributed by atoms with Gasteiger partial charge in [0.25, 0.3) is 0 Å². The van der Waals surface area contributed by atoms with Gasteiger partial charge < -0.3 is 14.3 Å². The fourth-order valence-corrected chi connectivity index (χ4v) is 4.97. The third-order valence-corrected chi connectivity index (χ3v) is 7.64. The molecule has 0 spiro atoms. The molecule has 4 heteroatoms. The zero-order chi connectivity index (χ0) is 25.1. The number of nitrogens with zero attached hydrogens (tertiary/aromatic N) is 1. The molecule has 0 saturated carbocycles. The highest BCUT2D eigenvalue weighted by Crippen LogP contribution is 2.41. The normalized spacial score (nSPS) is 12.7. The Hall–Kier alpha value is -3.60. The zero-order valence-corrected chi connectivity index (χ0v) is 21.1. The van der Waals surface area contributed by atoms with E-state index in [2.05, 4.69) is 102 Å². The van der Waals surface area contributed by atoms with Gasteiger partial charge in [0.1, 0.15) is 0 Å². The zero-order valence-electron chi connectivity index (χ0n) is 21.1. The van der Waals surface area contributed by atoms with E-state index in [1.165, 1.54) is 37.8 Å². The fraction of sp³-hybridized carbons (Fsp3) is 0.188. The molecule has 0 aliphatic rings. The maximum absolute atomic E-state index is 10.5. The van der Waals surface area contributed by atoms with Crippen molar-refractivity contribution in [1.29, 1.82) is 0 Å². The first-order valence-corrected chi connectivity index (χ1v) is 12.4. The highest BCUT2D eigenvalue weighted by atomic mass is 16.5. The molecule has 0 aliphatic carbocycles. The number of aliphatic hydroxyl groups is 1. The second-order valence-corrected chi connectivity index (χ2v) is 10.6. The molecule has 0 bridgehead atoms. The summed E-state index contributed by atoms with van der Waals surface area (Å²) >= 11 is 0. The lowest BCUT2D eigenvalue weighted by Crippen LogP contribution is -2.49. The van der Waals surface area contributed by atoms with E-state index in [0.717, 1.165) is 16.7 Å². The molecule has 0 amide bonds. The number of aromatic nitrogens is 1. The summed E-state index contributed by atoms with van der Waals surface area (Å²) in [4.78, 5) is 0. The lowest BCUT2D eigenvalue weighted by atomic mass is 9.82. The monoisotopic (exact) mass is 470 g/mol. The van der Waals surface area contributed by atoms with Crippen molar-refractivity contribution in [2.24, 2.45) is 0 Å². The third-order valence-electron chi connectivity index (χ3n) is 7.64. The Balaban J connectivity index is 1.69. The lowest BCUT2D eigenvalue weighted by molar-refractivity contribution is -0.0893. The van der Waals surface area contributed by atoms with Gasteiger partial charge in [-0.05, 0) is 62.1 Å². The van der Waals surface area contributed by atoms with E-state index >= 15 is 0 Å². The Morgan fingerprint density at radius 1 is 0.667 bits per heavy atom. The van der Waals surface area contributed by atoms with Crippen molar-refractivity contribution in [2.45, 2.75) is 38.9 Å². The highest BCUT2D eigenvalue weighted by molar-refractivity contribution is 6.48. The van der Waals surface area contributed by atoms with Gasteiger partial charge in [-0.2, -0.15) is 0 Å². The number of benzene rings is 5. The second-order valence-electron chi connectivity index (χ2n) is 10.6. The first-order chi connectivity index (χ1) is 17.3. The van der Waals surface area contributed by atoms with Gasteiger partial charge in [0.15, 0.2) is 0 Å². The molecule has 6 aromatic rings. The molecule has 0 fully saturated rings. The van der Waals surface area contributed by atoms with Gasteiger partial charge in [-0.3, -0.25) is 0 Å². The van der Waals surface area contributed by atoms with Crippen molar-refractivity contribution in [3.8, 4) is 5.69 Å². The lowest BCUT2D eigenvalue weighted by Gasteiger charge is -2.37. The van der Waals surface area contributed by atoms with Gasteiger partial charge in [0, 0.05) is 21.8 Å². The average molecular weight is 470 g/mol. The van der Waals surface area contributed by atoms with E-state index in [4.69, 9.17) is 4.65 Å². The van der Waals surface area contributed by atoms with Gasteiger partial charge in [-0.1, -0.05) is 84.3 Å². The van der Waals surface area contributed by atoms with Crippen LogP contribution in [0.1, 0.15) is 27.7 Å². The summed E-state index contributed by atoms with van der Waals surface area (Å²) in [5.74, 6) is 0. The Morgan fingerprint density at radius 2 is 1.25 bits per heavy atom. The van der Waals surface area contributed by atoms with Crippen molar-refractivity contribution >= 4 is 56.3 Å². The number of para-hydroxylation sites is 1. The van der Waals surface area contributed by atoms with Gasteiger partial charge in [-0.25, -0.2) is 0 Å². The van der Waals surface area contributed by atoms with Crippen molar-refractivity contribution in [2.75, 3.05) is 0 Å². The molecule has 6 rings (SSSR count). The topological polar surface area (TPSA) is 34.4 Å². The van der Waals surface area contributed by atoms with Crippen LogP contribution in [0.25, 0.3) is 49.0 Å². The number of hydrogen-bond acceptors (Lipinski definition) is 2. The van der Waals surface area contributed by atoms with Crippen molar-refractivity contribution in [3.05, 3.63) is 97.1 Å². The molecule has 1 aromatic heterocycles. The van der Waals surface area contributed by atoms with Crippen LogP contribution in [0, 0.1) is 0 Å². The van der Waals surface area contributed by atoms with Crippen LogP contribution in [0.4, 0.5) is 0 Å². The predicted molar refractivity (Wildman–Crippen MR) is 153 cm³/mol. The molecule has 36 heavy (non-hydrogen) atoms. The molecule has 5 aromatic carbocycles. The summed E-state index contributed by atoms with van der Waals surface area (Å²) in [5.41, 5.74) is 2.68. The summed E-state index contributed by atoms with van der Waals surface area (Å²) < 4.78 is 8.48. The van der Waals surface area contributed by atoms with E-state index in [-0.39, 0.29) is 0 Å². The van der Waals surface area contributed by atoms with E-state index in [1.807, 2.05) is 13.8 Å². The van der Waals surface area contributed by atoms with E-state index in [1.54, 1.807) is 21.3 Å².